The van der Waals surface area contributed by atoms with Crippen LogP contribution >= 0.6 is 0 Å². The zero-order chi connectivity index (χ0) is 15.6. The molecule has 0 radical (unpaired) electrons. The van der Waals surface area contributed by atoms with E-state index in [-0.39, 0.29) is 11.8 Å². The fourth-order valence-corrected chi connectivity index (χ4v) is 3.37. The highest BCUT2D eigenvalue weighted by atomic mass is 32.2. The van der Waals surface area contributed by atoms with Gasteiger partial charge in [0.05, 0.1) is 32.4 Å². The zero-order valence-corrected chi connectivity index (χ0v) is 14.5. The molecule has 0 rings (SSSR count). The number of hydrogen-bond acceptors (Lipinski definition) is 3. The topological polar surface area (TPSA) is 57.2 Å². The molecule has 0 aliphatic heterocycles. The SMILES string of the molecule is CCCCCCCCCC[N+](C)(C)C(C)CS(=O)(=O)[O-]. The number of nitrogens with zero attached hydrogens (tertiary/aromatic N) is 1. The largest absolute Gasteiger partial charge is 0.748 e. The van der Waals surface area contributed by atoms with E-state index in [2.05, 4.69) is 6.92 Å². The summed E-state index contributed by atoms with van der Waals surface area (Å²) in [6, 6.07) is -0.137. The first-order chi connectivity index (χ1) is 9.19. The lowest BCUT2D eigenvalue weighted by Crippen LogP contribution is -2.50. The van der Waals surface area contributed by atoms with Crippen molar-refractivity contribution in [1.82, 2.24) is 0 Å². The highest BCUT2D eigenvalue weighted by Crippen LogP contribution is 2.13. The molecule has 0 aromatic heterocycles. The third-order valence-corrected chi connectivity index (χ3v) is 5.12. The number of unbranched alkanes of at least 4 members (excludes halogenated alkanes) is 7. The molecule has 0 saturated heterocycles. The summed E-state index contributed by atoms with van der Waals surface area (Å²) in [6.45, 7) is 5.01. The average Bonchev–Trinajstić information content (AvgIpc) is 2.30. The van der Waals surface area contributed by atoms with Crippen molar-refractivity contribution in [3.8, 4) is 0 Å². The van der Waals surface area contributed by atoms with Crippen LogP contribution in [-0.2, 0) is 10.1 Å². The smallest absolute Gasteiger partial charge is 0.100 e. The third-order valence-electron chi connectivity index (χ3n) is 4.23. The molecule has 5 heteroatoms. The van der Waals surface area contributed by atoms with Gasteiger partial charge in [-0.3, -0.25) is 0 Å². The van der Waals surface area contributed by atoms with Gasteiger partial charge in [-0.2, -0.15) is 0 Å². The van der Waals surface area contributed by atoms with Gasteiger partial charge in [0.25, 0.3) is 0 Å². The fraction of sp³-hybridized carbons (Fsp3) is 1.00. The Hall–Kier alpha value is -0.130. The van der Waals surface area contributed by atoms with Gasteiger partial charge >= 0.3 is 0 Å². The maximum atomic E-state index is 10.8. The summed E-state index contributed by atoms with van der Waals surface area (Å²) in [7, 11) is -0.0982. The summed E-state index contributed by atoms with van der Waals surface area (Å²) < 4.78 is 33.1. The molecule has 1 atom stereocenters. The minimum absolute atomic E-state index is 0.137. The molecule has 0 amide bonds. The van der Waals surface area contributed by atoms with E-state index in [1.807, 2.05) is 21.0 Å². The summed E-state index contributed by atoms with van der Waals surface area (Å²) in [5.74, 6) is -0.267. The second-order valence-corrected chi connectivity index (χ2v) is 8.00. The van der Waals surface area contributed by atoms with Crippen molar-refractivity contribution in [1.29, 1.82) is 0 Å². The molecule has 4 nitrogen and oxygen atoms in total. The van der Waals surface area contributed by atoms with Gasteiger partial charge in [-0.05, 0) is 19.8 Å². The van der Waals surface area contributed by atoms with Crippen molar-refractivity contribution in [2.24, 2.45) is 0 Å². The fourth-order valence-electron chi connectivity index (χ4n) is 2.37. The summed E-state index contributed by atoms with van der Waals surface area (Å²) in [6.07, 6.45) is 10.2. The third kappa shape index (κ3) is 10.6. The van der Waals surface area contributed by atoms with Crippen LogP contribution in [-0.4, -0.2) is 49.9 Å². The van der Waals surface area contributed by atoms with E-state index in [0.717, 1.165) is 13.0 Å². The minimum atomic E-state index is -4.12. The zero-order valence-electron chi connectivity index (χ0n) is 13.7. The summed E-state index contributed by atoms with van der Waals surface area (Å²) in [4.78, 5) is 0. The van der Waals surface area contributed by atoms with Crippen LogP contribution in [0.5, 0.6) is 0 Å². The Balaban J connectivity index is 3.76. The predicted octanol–water partition coefficient (Wildman–Crippen LogP) is 3.14. The molecule has 122 valence electrons. The first-order valence-electron chi connectivity index (χ1n) is 7.95. The first kappa shape index (κ1) is 19.9. The summed E-state index contributed by atoms with van der Waals surface area (Å²) in [5, 5.41) is 0. The van der Waals surface area contributed by atoms with Crippen LogP contribution in [0.2, 0.25) is 0 Å². The van der Waals surface area contributed by atoms with Crippen LogP contribution in [0.4, 0.5) is 0 Å². The standard InChI is InChI=1S/C15H33NO3S/c1-5-6-7-8-9-10-11-12-13-16(3,4)15(2)14-20(17,18)19/h15H,5-14H2,1-4H3. The van der Waals surface area contributed by atoms with Crippen molar-refractivity contribution in [2.75, 3.05) is 26.4 Å². The van der Waals surface area contributed by atoms with Gasteiger partial charge in [-0.15, -0.1) is 0 Å². The summed E-state index contributed by atoms with van der Waals surface area (Å²) >= 11 is 0. The Labute approximate surface area is 125 Å². The van der Waals surface area contributed by atoms with Crippen molar-refractivity contribution < 1.29 is 17.5 Å². The highest BCUT2D eigenvalue weighted by Gasteiger charge is 2.25. The lowest BCUT2D eigenvalue weighted by Gasteiger charge is -2.36. The second-order valence-electron chi connectivity index (χ2n) is 6.55. The van der Waals surface area contributed by atoms with Crippen LogP contribution in [0.3, 0.4) is 0 Å². The molecular weight excluding hydrogens is 274 g/mol. The number of quaternary nitrogens is 1. The van der Waals surface area contributed by atoms with Crippen molar-refractivity contribution in [3.05, 3.63) is 0 Å². The van der Waals surface area contributed by atoms with Crippen LogP contribution in [0.25, 0.3) is 0 Å². The first-order valence-corrected chi connectivity index (χ1v) is 9.53. The number of hydrogen-bond donors (Lipinski definition) is 0. The van der Waals surface area contributed by atoms with Gasteiger partial charge in [0.2, 0.25) is 0 Å². The minimum Gasteiger partial charge on any atom is -0.748 e. The monoisotopic (exact) mass is 307 g/mol. The molecule has 20 heavy (non-hydrogen) atoms. The van der Waals surface area contributed by atoms with E-state index in [1.165, 1.54) is 44.9 Å². The van der Waals surface area contributed by atoms with Crippen LogP contribution < -0.4 is 0 Å². The van der Waals surface area contributed by atoms with Gasteiger partial charge in [0, 0.05) is 0 Å². The quantitative estimate of drug-likeness (QED) is 0.316. The van der Waals surface area contributed by atoms with Crippen LogP contribution in [0.1, 0.15) is 65.2 Å². The molecule has 0 heterocycles. The average molecular weight is 308 g/mol. The Morgan fingerprint density at radius 2 is 1.40 bits per heavy atom. The maximum Gasteiger partial charge on any atom is 0.100 e. The Bertz CT molecular complexity index is 339. The molecule has 0 aromatic rings. The van der Waals surface area contributed by atoms with Crippen LogP contribution in [0, 0.1) is 0 Å². The van der Waals surface area contributed by atoms with Gasteiger partial charge in [0.1, 0.15) is 10.1 Å². The van der Waals surface area contributed by atoms with E-state index in [9.17, 15) is 13.0 Å². The Kier molecular flexibility index (Phi) is 9.68. The van der Waals surface area contributed by atoms with Crippen LogP contribution in [0.15, 0.2) is 0 Å². The molecule has 0 fully saturated rings. The van der Waals surface area contributed by atoms with Gasteiger partial charge < -0.3 is 9.04 Å². The van der Waals surface area contributed by atoms with Gasteiger partial charge in [-0.25, -0.2) is 8.42 Å². The molecule has 0 aliphatic carbocycles. The molecule has 0 bridgehead atoms. The van der Waals surface area contributed by atoms with Crippen molar-refractivity contribution in [3.63, 3.8) is 0 Å². The lowest BCUT2D eigenvalue weighted by atomic mass is 10.1. The maximum absolute atomic E-state index is 10.8. The lowest BCUT2D eigenvalue weighted by molar-refractivity contribution is -0.910. The van der Waals surface area contributed by atoms with E-state index in [1.54, 1.807) is 0 Å². The van der Waals surface area contributed by atoms with Gasteiger partial charge in [-0.1, -0.05) is 45.4 Å². The molecule has 0 saturated carbocycles. The molecule has 1 unspecified atom stereocenters. The predicted molar refractivity (Wildman–Crippen MR) is 83.6 cm³/mol. The number of rotatable bonds is 12. The highest BCUT2D eigenvalue weighted by molar-refractivity contribution is 7.85. The molecule has 0 aromatic carbocycles. The van der Waals surface area contributed by atoms with Crippen molar-refractivity contribution >= 4 is 10.1 Å². The molecule has 0 spiro atoms. The molecule has 0 aliphatic rings. The van der Waals surface area contributed by atoms with E-state index in [0.29, 0.717) is 4.48 Å². The van der Waals surface area contributed by atoms with E-state index in [4.69, 9.17) is 0 Å². The Morgan fingerprint density at radius 1 is 0.950 bits per heavy atom. The van der Waals surface area contributed by atoms with E-state index >= 15 is 0 Å². The molecule has 0 N–H and O–H groups in total. The normalized spacial score (nSPS) is 14.4. The molecular formula is C15H33NO3S. The van der Waals surface area contributed by atoms with Crippen molar-refractivity contribution in [2.45, 2.75) is 71.3 Å². The van der Waals surface area contributed by atoms with E-state index < -0.39 is 10.1 Å². The Morgan fingerprint density at radius 3 is 1.85 bits per heavy atom. The summed E-state index contributed by atoms with van der Waals surface area (Å²) in [5.41, 5.74) is 0. The van der Waals surface area contributed by atoms with Gasteiger partial charge in [0.15, 0.2) is 0 Å². The second kappa shape index (κ2) is 9.74.